The van der Waals surface area contributed by atoms with Crippen LogP contribution in [-0.4, -0.2) is 44.9 Å². The molecule has 1 amide bonds. The third-order valence-electron chi connectivity index (χ3n) is 10.5. The number of hydrogen-bond donors (Lipinski definition) is 3. The van der Waals surface area contributed by atoms with E-state index in [1.54, 1.807) is 26.2 Å². The lowest BCUT2D eigenvalue weighted by Gasteiger charge is -2.52. The number of rotatable bonds is 5. The van der Waals surface area contributed by atoms with Crippen LogP contribution in [0.1, 0.15) is 73.9 Å². The van der Waals surface area contributed by atoms with E-state index in [1.807, 2.05) is 6.07 Å². The molecule has 2 aromatic rings. The predicted molar refractivity (Wildman–Crippen MR) is 150 cm³/mol. The summed E-state index contributed by atoms with van der Waals surface area (Å²) in [6, 6.07) is 3.71. The van der Waals surface area contributed by atoms with Gasteiger partial charge in [-0.3, -0.25) is 24.0 Å². The summed E-state index contributed by atoms with van der Waals surface area (Å²) in [4.78, 5) is 67.5. The molecule has 42 heavy (non-hydrogen) atoms. The van der Waals surface area contributed by atoms with Crippen molar-refractivity contribution in [1.82, 2.24) is 0 Å². The molecule has 0 bridgehead atoms. The van der Waals surface area contributed by atoms with E-state index in [1.165, 1.54) is 12.7 Å². The molecule has 4 aliphatic rings. The van der Waals surface area contributed by atoms with Gasteiger partial charge < -0.3 is 20.4 Å². The quantitative estimate of drug-likeness (QED) is 0.455. The van der Waals surface area contributed by atoms with E-state index in [2.05, 4.69) is 0 Å². The van der Waals surface area contributed by atoms with Gasteiger partial charge >= 0.3 is 0 Å². The average Bonchev–Trinajstić information content (AvgIpc) is 3.47. The number of Topliss-reactive ketones (excluding diaryl/α,β-unsaturated/α-hetero) is 4. The first-order chi connectivity index (χ1) is 20.0. The Hall–Kier alpha value is -3.59. The lowest BCUT2D eigenvalue weighted by atomic mass is 9.49. The van der Waals surface area contributed by atoms with Gasteiger partial charge in [-0.05, 0) is 65.8 Å². The summed E-state index contributed by atoms with van der Waals surface area (Å²) >= 11 is 0. The fraction of sp³-hybridized carbons (Fsp3) is 0.545. The topological polar surface area (TPSA) is 165 Å². The summed E-state index contributed by atoms with van der Waals surface area (Å²) in [7, 11) is 0. The van der Waals surface area contributed by atoms with Gasteiger partial charge in [-0.25, -0.2) is 0 Å². The van der Waals surface area contributed by atoms with Crippen molar-refractivity contribution in [2.75, 3.05) is 0 Å². The van der Waals surface area contributed by atoms with Gasteiger partial charge in [0.2, 0.25) is 5.91 Å². The normalized spacial score (nSPS) is 31.6. The van der Waals surface area contributed by atoms with Crippen molar-refractivity contribution in [3.8, 4) is 16.9 Å². The van der Waals surface area contributed by atoms with Crippen molar-refractivity contribution in [1.29, 1.82) is 0 Å². The zero-order valence-corrected chi connectivity index (χ0v) is 23.9. The fourth-order valence-corrected chi connectivity index (χ4v) is 8.51. The van der Waals surface area contributed by atoms with Gasteiger partial charge in [0, 0.05) is 17.4 Å². The lowest BCUT2D eigenvalue weighted by molar-refractivity contribution is -0.182. The van der Waals surface area contributed by atoms with Gasteiger partial charge in [-0.1, -0.05) is 46.0 Å². The van der Waals surface area contributed by atoms with Gasteiger partial charge in [0.15, 0.2) is 34.7 Å². The molecule has 1 aromatic heterocycles. The second-order valence-electron chi connectivity index (χ2n) is 13.2. The van der Waals surface area contributed by atoms with Gasteiger partial charge in [0.1, 0.15) is 5.75 Å². The Morgan fingerprint density at radius 2 is 1.83 bits per heavy atom. The van der Waals surface area contributed by atoms with Crippen LogP contribution in [0.25, 0.3) is 11.1 Å². The van der Waals surface area contributed by atoms with E-state index in [4.69, 9.17) is 10.2 Å². The number of ketones is 4. The minimum Gasteiger partial charge on any atom is -0.507 e. The first-order valence-electron chi connectivity index (χ1n) is 15.0. The molecule has 1 aromatic carbocycles. The van der Waals surface area contributed by atoms with Gasteiger partial charge in [0.25, 0.3) is 0 Å². The first-order valence-corrected chi connectivity index (χ1v) is 15.0. The van der Waals surface area contributed by atoms with Crippen molar-refractivity contribution in [2.45, 2.75) is 70.8 Å². The molecule has 4 aliphatic carbocycles. The van der Waals surface area contributed by atoms with E-state index in [0.29, 0.717) is 23.5 Å². The number of carbonyl (C=O) groups is 5. The number of aromatic hydroxyl groups is 1. The van der Waals surface area contributed by atoms with E-state index in [-0.39, 0.29) is 24.2 Å². The molecule has 2 unspecified atom stereocenters. The van der Waals surface area contributed by atoms with E-state index < -0.39 is 70.1 Å². The highest BCUT2D eigenvalue weighted by Gasteiger charge is 2.69. The van der Waals surface area contributed by atoms with Crippen molar-refractivity contribution in [2.24, 2.45) is 47.2 Å². The van der Waals surface area contributed by atoms with Gasteiger partial charge in [-0.2, -0.15) is 0 Å². The highest BCUT2D eigenvalue weighted by Crippen LogP contribution is 2.54. The highest BCUT2D eigenvalue weighted by atomic mass is 16.3. The van der Waals surface area contributed by atoms with Crippen LogP contribution in [-0.2, 0) is 32.0 Å². The summed E-state index contributed by atoms with van der Waals surface area (Å²) in [5, 5.41) is 23.4. The smallest absolute Gasteiger partial charge is 0.235 e. The Bertz CT molecular complexity index is 1480. The third-order valence-corrected chi connectivity index (χ3v) is 10.5. The van der Waals surface area contributed by atoms with Crippen LogP contribution >= 0.6 is 0 Å². The number of furan rings is 1. The van der Waals surface area contributed by atoms with Crippen LogP contribution in [0.3, 0.4) is 0 Å². The molecule has 0 saturated heterocycles. The monoisotopic (exact) mass is 575 g/mol. The first kappa shape index (κ1) is 28.5. The molecular formula is C33H37NO8. The second kappa shape index (κ2) is 10.3. The number of fused-ring (bicyclic) bond motifs is 3. The molecule has 0 spiro atoms. The number of phenolic OH excluding ortho intramolecular Hbond substituents is 1. The van der Waals surface area contributed by atoms with Crippen LogP contribution in [0.4, 0.5) is 0 Å². The van der Waals surface area contributed by atoms with Gasteiger partial charge in [0.05, 0.1) is 24.0 Å². The van der Waals surface area contributed by atoms with Crippen molar-refractivity contribution >= 4 is 29.0 Å². The maximum absolute atomic E-state index is 14.3. The van der Waals surface area contributed by atoms with E-state index in [0.717, 1.165) is 36.8 Å². The van der Waals surface area contributed by atoms with Crippen molar-refractivity contribution in [3.63, 3.8) is 0 Å². The number of amides is 1. The Morgan fingerprint density at radius 1 is 1.12 bits per heavy atom. The Balaban J connectivity index is 1.48. The van der Waals surface area contributed by atoms with Crippen LogP contribution in [0.2, 0.25) is 0 Å². The second-order valence-corrected chi connectivity index (χ2v) is 13.2. The maximum Gasteiger partial charge on any atom is 0.235 e. The molecule has 3 fully saturated rings. The van der Waals surface area contributed by atoms with Crippen LogP contribution in [0.5, 0.6) is 5.75 Å². The number of nitrogens with two attached hydrogens (primary N) is 1. The Kier molecular flexibility index (Phi) is 6.99. The molecule has 6 rings (SSSR count). The predicted octanol–water partition coefficient (Wildman–Crippen LogP) is 3.59. The molecule has 3 saturated carbocycles. The largest absolute Gasteiger partial charge is 0.507 e. The molecule has 0 radical (unpaired) electrons. The van der Waals surface area contributed by atoms with Crippen LogP contribution in [0, 0.1) is 41.4 Å². The van der Waals surface area contributed by atoms with E-state index in [9.17, 15) is 34.2 Å². The number of phenols is 1. The molecule has 9 nitrogen and oxygen atoms in total. The molecule has 222 valence electrons. The molecule has 4 N–H and O–H groups in total. The summed E-state index contributed by atoms with van der Waals surface area (Å²) in [6.07, 6.45) is 9.45. The van der Waals surface area contributed by atoms with Crippen LogP contribution < -0.4 is 5.73 Å². The van der Waals surface area contributed by atoms with Crippen molar-refractivity contribution in [3.05, 3.63) is 41.3 Å². The minimum atomic E-state index is -2.69. The number of aliphatic hydroxyl groups is 1. The Morgan fingerprint density at radius 3 is 2.45 bits per heavy atom. The maximum atomic E-state index is 14.3. The number of primary amides is 1. The zero-order chi connectivity index (χ0) is 30.1. The lowest BCUT2D eigenvalue weighted by Crippen LogP contribution is -2.71. The molecular weight excluding hydrogens is 538 g/mol. The average molecular weight is 576 g/mol. The van der Waals surface area contributed by atoms with Crippen molar-refractivity contribution < 1.29 is 38.6 Å². The SMILES string of the molecule is CC(C)[C@@H]1C(=O)C(C(N)=O)C(=O)[C@@]2(O)C(=O)C3C(=O)c4c(O)c(CC5CCCCC5)cc(-c5ccoc5)c4C[C@H]3C[C@@H]12. The molecule has 6 atom stereocenters. The van der Waals surface area contributed by atoms with Gasteiger partial charge in [-0.15, -0.1) is 0 Å². The Labute approximate surface area is 243 Å². The van der Waals surface area contributed by atoms with Crippen LogP contribution in [0.15, 0.2) is 29.1 Å². The standard InChI is InChI=1S/C33H37NO8/c1-15(2)23-22-13-18-11-21-20(17-8-9-42-14-17)12-19(10-16-6-4-3-5-7-16)27(35)25(21)29(37)24(18)30(38)33(22,41)31(39)26(28(23)36)32(34)40/h8-9,12,14-16,18,22-24,26,35,41H,3-7,10-11,13H2,1-2H3,(H2,34,40)/t18-,22-,23-,24?,26?,33-/m0/s1. The third kappa shape index (κ3) is 4.11. The summed E-state index contributed by atoms with van der Waals surface area (Å²) in [6.45, 7) is 3.47. The number of hydrogen-bond acceptors (Lipinski definition) is 8. The number of benzene rings is 1. The molecule has 0 aliphatic heterocycles. The highest BCUT2D eigenvalue weighted by molar-refractivity contribution is 6.32. The number of carbonyl (C=O) groups excluding carboxylic acids is 5. The summed E-state index contributed by atoms with van der Waals surface area (Å²) in [5.41, 5.74) is 5.48. The van der Waals surface area contributed by atoms with E-state index >= 15 is 0 Å². The summed E-state index contributed by atoms with van der Waals surface area (Å²) in [5.74, 6) is -11.0. The zero-order valence-electron chi connectivity index (χ0n) is 23.9. The minimum absolute atomic E-state index is 0.0438. The molecule has 1 heterocycles. The molecule has 9 heteroatoms. The fourth-order valence-electron chi connectivity index (χ4n) is 8.51. The summed E-state index contributed by atoms with van der Waals surface area (Å²) < 4.78 is 5.36.